The van der Waals surface area contributed by atoms with Gasteiger partial charge in [-0.1, -0.05) is 54.1 Å². The lowest BCUT2D eigenvalue weighted by Crippen LogP contribution is -2.32. The summed E-state index contributed by atoms with van der Waals surface area (Å²) in [5.41, 5.74) is 4.20. The number of nitrogens with one attached hydrogen (secondary N) is 1. The molecule has 37 heavy (non-hydrogen) atoms. The zero-order valence-electron chi connectivity index (χ0n) is 21.3. The molecule has 2 aromatic heterocycles. The molecule has 2 heterocycles. The Morgan fingerprint density at radius 1 is 0.865 bits per heavy atom. The van der Waals surface area contributed by atoms with Gasteiger partial charge in [-0.3, -0.25) is 4.79 Å². The van der Waals surface area contributed by atoms with E-state index in [4.69, 9.17) is 4.74 Å². The molecule has 0 radical (unpaired) electrons. The topological polar surface area (TPSA) is 101 Å². The van der Waals surface area contributed by atoms with Gasteiger partial charge < -0.3 is 9.64 Å². The maximum absolute atomic E-state index is 13.3. The maximum Gasteiger partial charge on any atom is 0.281 e. The van der Waals surface area contributed by atoms with Crippen LogP contribution in [0, 0.1) is 20.8 Å². The van der Waals surface area contributed by atoms with Gasteiger partial charge in [-0.05, 0) is 56.2 Å². The molecule has 0 aliphatic heterocycles. The van der Waals surface area contributed by atoms with Crippen LogP contribution in [0.15, 0.2) is 77.8 Å². The van der Waals surface area contributed by atoms with Crippen LogP contribution in [0.5, 0.6) is 11.6 Å². The summed E-state index contributed by atoms with van der Waals surface area (Å²) in [5.74, 6) is 0.125. The predicted octanol–water partition coefficient (Wildman–Crippen LogP) is 5.05. The van der Waals surface area contributed by atoms with Crippen LogP contribution in [0.2, 0.25) is 0 Å². The first-order valence-corrected chi connectivity index (χ1v) is 13.1. The number of benzene rings is 2. The zero-order chi connectivity index (χ0) is 26.7. The van der Waals surface area contributed by atoms with E-state index in [2.05, 4.69) is 14.7 Å². The van der Waals surface area contributed by atoms with Gasteiger partial charge in [-0.25, -0.2) is 14.7 Å². The zero-order valence-corrected chi connectivity index (χ0v) is 22.1. The molecule has 1 amide bonds. The minimum atomic E-state index is -4.26. The van der Waals surface area contributed by atoms with E-state index < -0.39 is 15.9 Å². The van der Waals surface area contributed by atoms with Crippen molar-refractivity contribution in [1.82, 2.24) is 14.7 Å². The fourth-order valence-corrected chi connectivity index (χ4v) is 4.85. The van der Waals surface area contributed by atoms with E-state index in [1.165, 1.54) is 12.1 Å². The van der Waals surface area contributed by atoms with Crippen LogP contribution in [0.25, 0.3) is 11.3 Å². The molecule has 190 valence electrons. The van der Waals surface area contributed by atoms with Crippen molar-refractivity contribution in [2.45, 2.75) is 25.8 Å². The van der Waals surface area contributed by atoms with Crippen molar-refractivity contribution in [1.29, 1.82) is 0 Å². The summed E-state index contributed by atoms with van der Waals surface area (Å²) in [5, 5.41) is -0.270. The minimum absolute atomic E-state index is 0.000826. The number of carbonyl (C=O) groups excluding carboxylic acids is 1. The van der Waals surface area contributed by atoms with E-state index in [9.17, 15) is 13.2 Å². The van der Waals surface area contributed by atoms with E-state index in [0.717, 1.165) is 22.3 Å². The summed E-state index contributed by atoms with van der Waals surface area (Å²) in [6.45, 7) is 5.80. The highest BCUT2D eigenvalue weighted by atomic mass is 32.2. The molecule has 0 aliphatic rings. The van der Waals surface area contributed by atoms with Gasteiger partial charge in [0.15, 0.2) is 5.03 Å². The quantitative estimate of drug-likeness (QED) is 0.367. The molecule has 0 aliphatic carbocycles. The van der Waals surface area contributed by atoms with Gasteiger partial charge in [0.25, 0.3) is 15.9 Å². The third-order valence-corrected chi connectivity index (χ3v) is 6.88. The fourth-order valence-electron chi connectivity index (χ4n) is 3.92. The highest BCUT2D eigenvalue weighted by molar-refractivity contribution is 7.90. The van der Waals surface area contributed by atoms with Gasteiger partial charge in [0.1, 0.15) is 17.1 Å². The van der Waals surface area contributed by atoms with Crippen LogP contribution in [0.3, 0.4) is 0 Å². The number of ether oxygens (including phenoxy) is 1. The smallest absolute Gasteiger partial charge is 0.281 e. The predicted molar refractivity (Wildman–Crippen MR) is 144 cm³/mol. The molecule has 0 bridgehead atoms. The summed E-state index contributed by atoms with van der Waals surface area (Å²) >= 11 is 0. The van der Waals surface area contributed by atoms with Crippen molar-refractivity contribution in [2.75, 3.05) is 19.0 Å². The maximum atomic E-state index is 13.3. The molecule has 8 nitrogen and oxygen atoms in total. The Morgan fingerprint density at radius 3 is 2.19 bits per heavy atom. The van der Waals surface area contributed by atoms with Crippen molar-refractivity contribution in [2.24, 2.45) is 0 Å². The second-order valence-corrected chi connectivity index (χ2v) is 10.5. The van der Waals surface area contributed by atoms with Gasteiger partial charge in [0.2, 0.25) is 5.88 Å². The standard InChI is InChI=1S/C28H28N4O4S/c1-18-16-19(2)26(20(3)17-18)36-28-22(14-15-23(29-28)21-10-7-6-8-11-21)27(33)31-37(34,35)25-13-9-12-24(30-25)32(4)5/h6-17H,1-5H3,(H,31,33). The number of hydrogen-bond acceptors (Lipinski definition) is 7. The largest absolute Gasteiger partial charge is 0.438 e. The highest BCUT2D eigenvalue weighted by Crippen LogP contribution is 2.32. The van der Waals surface area contributed by atoms with Crippen LogP contribution in [0.4, 0.5) is 5.82 Å². The number of sulfonamides is 1. The summed E-state index contributed by atoms with van der Waals surface area (Å²) in [4.78, 5) is 23.7. The Bertz CT molecular complexity index is 1550. The third kappa shape index (κ3) is 5.78. The lowest BCUT2D eigenvalue weighted by atomic mass is 10.1. The minimum Gasteiger partial charge on any atom is -0.438 e. The molecule has 0 atom stereocenters. The van der Waals surface area contributed by atoms with Crippen molar-refractivity contribution in [3.63, 3.8) is 0 Å². The summed E-state index contributed by atoms with van der Waals surface area (Å²) in [7, 11) is -0.766. The monoisotopic (exact) mass is 516 g/mol. The van der Waals surface area contributed by atoms with Crippen molar-refractivity contribution in [3.05, 3.63) is 95.1 Å². The van der Waals surface area contributed by atoms with E-state index in [1.807, 2.05) is 63.2 Å². The number of hydrogen-bond donors (Lipinski definition) is 1. The molecule has 9 heteroatoms. The Balaban J connectivity index is 1.75. The molecular weight excluding hydrogens is 488 g/mol. The molecule has 0 saturated carbocycles. The number of nitrogens with zero attached hydrogens (tertiary/aromatic N) is 3. The molecule has 0 spiro atoms. The second-order valence-electron chi connectivity index (χ2n) is 8.91. The fraction of sp³-hybridized carbons (Fsp3) is 0.179. The number of amides is 1. The van der Waals surface area contributed by atoms with E-state index >= 15 is 0 Å². The molecule has 0 saturated heterocycles. The number of anilines is 1. The van der Waals surface area contributed by atoms with Crippen LogP contribution in [0.1, 0.15) is 27.0 Å². The van der Waals surface area contributed by atoms with Crippen molar-refractivity contribution < 1.29 is 17.9 Å². The van der Waals surface area contributed by atoms with Gasteiger partial charge in [-0.2, -0.15) is 8.42 Å². The summed E-state index contributed by atoms with van der Waals surface area (Å²) < 4.78 is 34.3. The van der Waals surface area contributed by atoms with E-state index in [1.54, 1.807) is 37.2 Å². The number of aromatic nitrogens is 2. The summed E-state index contributed by atoms with van der Waals surface area (Å²) in [6, 6.07) is 21.1. The van der Waals surface area contributed by atoms with Gasteiger partial charge >= 0.3 is 0 Å². The second kappa shape index (κ2) is 10.4. The van der Waals surface area contributed by atoms with Crippen LogP contribution < -0.4 is 14.4 Å². The normalized spacial score (nSPS) is 11.2. The highest BCUT2D eigenvalue weighted by Gasteiger charge is 2.25. The van der Waals surface area contributed by atoms with Gasteiger partial charge in [-0.15, -0.1) is 0 Å². The Kier molecular flexibility index (Phi) is 7.26. The van der Waals surface area contributed by atoms with Crippen molar-refractivity contribution in [3.8, 4) is 22.9 Å². The first kappa shape index (κ1) is 25.8. The van der Waals surface area contributed by atoms with Gasteiger partial charge in [0, 0.05) is 19.7 Å². The Labute approximate surface area is 217 Å². The Morgan fingerprint density at radius 2 is 1.54 bits per heavy atom. The molecule has 4 rings (SSSR count). The van der Waals surface area contributed by atoms with Crippen LogP contribution in [-0.2, 0) is 10.0 Å². The average Bonchev–Trinajstić information content (AvgIpc) is 2.86. The third-order valence-electron chi connectivity index (χ3n) is 5.65. The first-order chi connectivity index (χ1) is 17.5. The summed E-state index contributed by atoms with van der Waals surface area (Å²) in [6.07, 6.45) is 0. The number of pyridine rings is 2. The van der Waals surface area contributed by atoms with E-state index in [0.29, 0.717) is 17.3 Å². The van der Waals surface area contributed by atoms with Crippen molar-refractivity contribution >= 4 is 21.7 Å². The lowest BCUT2D eigenvalue weighted by molar-refractivity contribution is 0.0978. The molecule has 0 fully saturated rings. The molecule has 2 aromatic carbocycles. The number of rotatable bonds is 7. The van der Waals surface area contributed by atoms with Gasteiger partial charge in [0.05, 0.1) is 5.69 Å². The molecule has 1 N–H and O–H groups in total. The average molecular weight is 517 g/mol. The molecule has 4 aromatic rings. The number of carbonyl (C=O) groups is 1. The SMILES string of the molecule is Cc1cc(C)c(Oc2nc(-c3ccccc3)ccc2C(=O)NS(=O)(=O)c2cccc(N(C)C)n2)c(C)c1. The van der Waals surface area contributed by atoms with Crippen LogP contribution >= 0.6 is 0 Å². The molecular formula is C28H28N4O4S. The van der Waals surface area contributed by atoms with E-state index in [-0.39, 0.29) is 16.5 Å². The molecule has 0 unspecified atom stereocenters. The van der Waals surface area contributed by atoms with Crippen LogP contribution in [-0.4, -0.2) is 38.4 Å². The first-order valence-electron chi connectivity index (χ1n) is 11.6. The Hall–Kier alpha value is -4.24. The number of aryl methyl sites for hydroxylation is 3. The lowest BCUT2D eigenvalue weighted by Gasteiger charge is -2.16.